The van der Waals surface area contributed by atoms with Gasteiger partial charge >= 0.3 is 0 Å². The van der Waals surface area contributed by atoms with E-state index < -0.39 is 10.1 Å². The molecule has 0 aliphatic carbocycles. The number of rotatable bonds is 1. The Kier molecular flexibility index (Phi) is 3.09. The summed E-state index contributed by atoms with van der Waals surface area (Å²) in [4.78, 5) is -0.0459. The molecule has 1 rings (SSSR count). The van der Waals surface area contributed by atoms with Crippen molar-refractivity contribution in [3.8, 4) is 0 Å². The summed E-state index contributed by atoms with van der Waals surface area (Å²) in [6.07, 6.45) is 0. The molecule has 0 unspecified atom stereocenters. The van der Waals surface area contributed by atoms with Crippen molar-refractivity contribution in [1.29, 1.82) is 0 Å². The molecule has 0 amide bonds. The summed E-state index contributed by atoms with van der Waals surface area (Å²) in [5.74, 6) is 0. The highest BCUT2D eigenvalue weighted by Crippen LogP contribution is 2.28. The fourth-order valence-corrected chi connectivity index (χ4v) is 2.22. The third-order valence-corrected chi connectivity index (χ3v) is 3.47. The number of benzene rings is 1. The Labute approximate surface area is 95.7 Å². The number of hydrogen-bond donors (Lipinski definition) is 1. The average Bonchev–Trinajstić information content (AvgIpc) is 2.00. The minimum Gasteiger partial charge on any atom is -0.282 e. The maximum atomic E-state index is 11.0. The van der Waals surface area contributed by atoms with Crippen LogP contribution in [0.1, 0.15) is 26.3 Å². The Bertz CT molecular complexity index is 470. The van der Waals surface area contributed by atoms with Gasteiger partial charge < -0.3 is 0 Å². The maximum absolute atomic E-state index is 11.0. The smallest absolute Gasteiger partial charge is 0.282 e. The first-order chi connectivity index (χ1) is 6.62. The van der Waals surface area contributed by atoms with Crippen molar-refractivity contribution >= 4 is 22.7 Å². The summed E-state index contributed by atoms with van der Waals surface area (Å²) < 4.78 is 31.0. The van der Waals surface area contributed by atoms with Gasteiger partial charge in [-0.1, -0.05) is 39.5 Å². The summed E-state index contributed by atoms with van der Waals surface area (Å²) in [7, 11) is -4.22. The van der Waals surface area contributed by atoms with Gasteiger partial charge in [0.05, 0.1) is 4.90 Å². The van der Waals surface area contributed by atoms with Crippen molar-refractivity contribution in [2.75, 3.05) is 0 Å². The molecule has 1 radical (unpaired) electrons. The van der Waals surface area contributed by atoms with E-state index in [1.807, 2.05) is 20.8 Å². The van der Waals surface area contributed by atoms with E-state index in [4.69, 9.17) is 17.2 Å². The van der Waals surface area contributed by atoms with Crippen molar-refractivity contribution in [2.24, 2.45) is 0 Å². The predicted octanol–water partition coefficient (Wildman–Crippen LogP) is 2.79. The molecule has 0 aromatic heterocycles. The molecule has 0 fully saturated rings. The van der Waals surface area contributed by atoms with Gasteiger partial charge in [-0.05, 0) is 23.1 Å². The van der Waals surface area contributed by atoms with Gasteiger partial charge in [0, 0.05) is 0 Å². The molecule has 1 N–H and O–H groups in total. The molecule has 0 saturated carbocycles. The van der Waals surface area contributed by atoms with Crippen LogP contribution in [0.25, 0.3) is 0 Å². The van der Waals surface area contributed by atoms with E-state index in [1.54, 1.807) is 6.07 Å². The molecular formula is C10H13O3S2. The van der Waals surface area contributed by atoms with E-state index >= 15 is 0 Å². The van der Waals surface area contributed by atoms with Crippen LogP contribution in [0.2, 0.25) is 0 Å². The van der Waals surface area contributed by atoms with Gasteiger partial charge in [0.15, 0.2) is 0 Å². The molecule has 0 bridgehead atoms. The fourth-order valence-electron chi connectivity index (χ4n) is 1.18. The summed E-state index contributed by atoms with van der Waals surface area (Å²) in [5, 5.41) is 0. The Morgan fingerprint density at radius 2 is 1.80 bits per heavy atom. The molecule has 83 valence electrons. The molecule has 0 saturated heterocycles. The van der Waals surface area contributed by atoms with E-state index in [9.17, 15) is 8.42 Å². The SMILES string of the molecule is CC(C)(C)c1ccc([S])c(S(=O)(=O)O)c1. The second-order valence-electron chi connectivity index (χ2n) is 4.39. The van der Waals surface area contributed by atoms with Crippen molar-refractivity contribution in [3.63, 3.8) is 0 Å². The van der Waals surface area contributed by atoms with Crippen LogP contribution in [-0.4, -0.2) is 13.0 Å². The summed E-state index contributed by atoms with van der Waals surface area (Å²) in [6, 6.07) is 4.73. The predicted molar refractivity (Wildman–Crippen MR) is 60.8 cm³/mol. The minimum absolute atomic E-state index is 0.144. The van der Waals surface area contributed by atoms with Crippen LogP contribution in [0.15, 0.2) is 28.0 Å². The lowest BCUT2D eigenvalue weighted by Gasteiger charge is -2.19. The Hall–Kier alpha value is -0.650. The van der Waals surface area contributed by atoms with Crippen LogP contribution >= 0.6 is 12.6 Å². The minimum atomic E-state index is -4.22. The lowest BCUT2D eigenvalue weighted by atomic mass is 9.87. The molecule has 0 heterocycles. The number of hydrogen-bond acceptors (Lipinski definition) is 2. The molecule has 3 nitrogen and oxygen atoms in total. The molecule has 1 aromatic carbocycles. The molecule has 0 aliphatic rings. The van der Waals surface area contributed by atoms with Crippen LogP contribution in [0.5, 0.6) is 0 Å². The highest BCUT2D eigenvalue weighted by molar-refractivity contribution is 7.87. The first-order valence-electron chi connectivity index (χ1n) is 4.41. The zero-order chi connectivity index (χ0) is 11.9. The molecule has 15 heavy (non-hydrogen) atoms. The summed E-state index contributed by atoms with van der Waals surface area (Å²) in [6.45, 7) is 5.87. The van der Waals surface area contributed by atoms with E-state index in [-0.39, 0.29) is 15.2 Å². The van der Waals surface area contributed by atoms with Gasteiger partial charge in [-0.3, -0.25) is 4.55 Å². The monoisotopic (exact) mass is 245 g/mol. The average molecular weight is 245 g/mol. The van der Waals surface area contributed by atoms with Gasteiger partial charge in [-0.2, -0.15) is 8.42 Å². The second kappa shape index (κ2) is 3.73. The molecule has 0 aliphatic heterocycles. The van der Waals surface area contributed by atoms with Crippen molar-refractivity contribution < 1.29 is 13.0 Å². The highest BCUT2D eigenvalue weighted by atomic mass is 32.2. The van der Waals surface area contributed by atoms with Gasteiger partial charge in [-0.15, -0.1) is 0 Å². The van der Waals surface area contributed by atoms with Crippen LogP contribution in [0, 0.1) is 0 Å². The first kappa shape index (κ1) is 12.4. The van der Waals surface area contributed by atoms with Gasteiger partial charge in [-0.25, -0.2) is 0 Å². The quantitative estimate of drug-likeness (QED) is 0.774. The van der Waals surface area contributed by atoms with Crippen molar-refractivity contribution in [3.05, 3.63) is 23.8 Å². The second-order valence-corrected chi connectivity index (χ2v) is 6.22. The molecule has 5 heteroatoms. The largest absolute Gasteiger partial charge is 0.295 e. The van der Waals surface area contributed by atoms with E-state index in [0.29, 0.717) is 0 Å². The zero-order valence-electron chi connectivity index (χ0n) is 8.81. The lowest BCUT2D eigenvalue weighted by molar-refractivity contribution is 0.480. The van der Waals surface area contributed by atoms with Crippen molar-refractivity contribution in [1.82, 2.24) is 0 Å². The lowest BCUT2D eigenvalue weighted by Crippen LogP contribution is -2.12. The maximum Gasteiger partial charge on any atom is 0.295 e. The van der Waals surface area contributed by atoms with Crippen molar-refractivity contribution in [2.45, 2.75) is 36.0 Å². The van der Waals surface area contributed by atoms with Gasteiger partial charge in [0.2, 0.25) is 0 Å². The molecule has 0 atom stereocenters. The van der Waals surface area contributed by atoms with E-state index in [1.165, 1.54) is 12.1 Å². The summed E-state index contributed by atoms with van der Waals surface area (Å²) >= 11 is 4.84. The topological polar surface area (TPSA) is 54.4 Å². The van der Waals surface area contributed by atoms with Crippen LogP contribution < -0.4 is 0 Å². The Morgan fingerprint density at radius 1 is 1.27 bits per heavy atom. The summed E-state index contributed by atoms with van der Waals surface area (Å²) in [5.41, 5.74) is 0.645. The van der Waals surface area contributed by atoms with Crippen LogP contribution in [0.4, 0.5) is 0 Å². The normalized spacial score (nSPS) is 12.8. The highest BCUT2D eigenvalue weighted by Gasteiger charge is 2.20. The molecule has 0 spiro atoms. The van der Waals surface area contributed by atoms with Crippen LogP contribution in [-0.2, 0) is 15.5 Å². The standard InChI is InChI=1S/C10H13O3S2/c1-10(2,3)7-4-5-8(14)9(6-7)15(11,12)13/h4-6H,1-3H3,(H,11,12,13). The van der Waals surface area contributed by atoms with E-state index in [2.05, 4.69) is 0 Å². The Balaban J connectivity index is 3.43. The third-order valence-electron chi connectivity index (χ3n) is 2.09. The molecular weight excluding hydrogens is 232 g/mol. The third kappa shape index (κ3) is 2.90. The Morgan fingerprint density at radius 3 is 2.20 bits per heavy atom. The first-order valence-corrected chi connectivity index (χ1v) is 6.26. The van der Waals surface area contributed by atoms with Crippen LogP contribution in [0.3, 0.4) is 0 Å². The zero-order valence-corrected chi connectivity index (χ0v) is 10.4. The molecule has 1 aromatic rings. The fraction of sp³-hybridized carbons (Fsp3) is 0.400. The van der Waals surface area contributed by atoms with Gasteiger partial charge in [0.1, 0.15) is 4.90 Å². The van der Waals surface area contributed by atoms with E-state index in [0.717, 1.165) is 5.56 Å². The van der Waals surface area contributed by atoms with Gasteiger partial charge in [0.25, 0.3) is 10.1 Å².